The summed E-state index contributed by atoms with van der Waals surface area (Å²) >= 11 is 0. The summed E-state index contributed by atoms with van der Waals surface area (Å²) in [6.45, 7) is 8.94. The molecule has 2 atom stereocenters. The Kier molecular flexibility index (Phi) is 8.27. The van der Waals surface area contributed by atoms with E-state index in [9.17, 15) is 29.3 Å². The van der Waals surface area contributed by atoms with Crippen molar-refractivity contribution in [2.45, 2.75) is 52.7 Å². The number of aryl methyl sites for hydroxylation is 2. The number of carbonyl (C=O) groups is 2. The Hall–Kier alpha value is -2.63. The van der Waals surface area contributed by atoms with E-state index < -0.39 is 25.3 Å². The first-order valence-electron chi connectivity index (χ1n) is 10.5. The fourth-order valence-corrected chi connectivity index (χ4v) is 4.66. The maximum absolute atomic E-state index is 12.7. The van der Waals surface area contributed by atoms with Gasteiger partial charge in [-0.1, -0.05) is 32.0 Å². The number of aliphatic carboxylic acids is 1. The number of carboxylic acids is 1. The molecule has 32 heavy (non-hydrogen) atoms. The first-order chi connectivity index (χ1) is 14.8. The van der Waals surface area contributed by atoms with Gasteiger partial charge in [0.2, 0.25) is 7.37 Å². The number of benzene rings is 2. The smallest absolute Gasteiger partial charge is 0.326 e. The van der Waals surface area contributed by atoms with E-state index in [0.717, 1.165) is 27.8 Å². The Morgan fingerprint density at radius 3 is 2.16 bits per heavy atom. The third-order valence-corrected chi connectivity index (χ3v) is 6.18. The summed E-state index contributed by atoms with van der Waals surface area (Å²) in [6.07, 6.45) is 0.889. The number of amides is 1. The number of carbonyl (C=O) groups excluding carboxylic acids is 1. The largest absolute Gasteiger partial charge is 0.507 e. The van der Waals surface area contributed by atoms with Gasteiger partial charge in [-0.3, -0.25) is 9.36 Å². The van der Waals surface area contributed by atoms with Crippen molar-refractivity contribution in [3.63, 3.8) is 0 Å². The number of phenols is 1. The summed E-state index contributed by atoms with van der Waals surface area (Å²) < 4.78 is 11.8. The van der Waals surface area contributed by atoms with Crippen LogP contribution in [0.25, 0.3) is 0 Å². The van der Waals surface area contributed by atoms with E-state index in [1.54, 1.807) is 12.1 Å². The molecule has 2 aromatic carbocycles. The van der Waals surface area contributed by atoms with Crippen molar-refractivity contribution >= 4 is 19.2 Å². The Morgan fingerprint density at radius 2 is 1.66 bits per heavy atom. The summed E-state index contributed by atoms with van der Waals surface area (Å²) in [6, 6.07) is 7.47. The lowest BCUT2D eigenvalue weighted by Gasteiger charge is -2.18. The number of phenolic OH excluding ortho intramolecular Hbond substituents is 1. The predicted octanol–water partition coefficient (Wildman–Crippen LogP) is 4.23. The third kappa shape index (κ3) is 7.21. The molecule has 0 aromatic heterocycles. The first kappa shape index (κ1) is 25.6. The second kappa shape index (κ2) is 10.3. The lowest BCUT2D eigenvalue weighted by Crippen LogP contribution is -2.41. The molecule has 174 valence electrons. The lowest BCUT2D eigenvalue weighted by molar-refractivity contribution is -0.139. The van der Waals surface area contributed by atoms with Crippen LogP contribution < -0.4 is 5.32 Å². The highest BCUT2D eigenvalue weighted by Gasteiger charge is 2.23. The summed E-state index contributed by atoms with van der Waals surface area (Å²) in [5, 5.41) is 22.1. The average Bonchev–Trinajstić information content (AvgIpc) is 2.63. The van der Waals surface area contributed by atoms with E-state index in [0.29, 0.717) is 6.42 Å². The van der Waals surface area contributed by atoms with Crippen molar-refractivity contribution < 1.29 is 29.3 Å². The molecule has 0 spiro atoms. The monoisotopic (exact) mass is 461 g/mol. The highest BCUT2D eigenvalue weighted by Crippen LogP contribution is 2.40. The van der Waals surface area contributed by atoms with Gasteiger partial charge in [0, 0.05) is 12.8 Å². The predicted molar refractivity (Wildman–Crippen MR) is 125 cm³/mol. The van der Waals surface area contributed by atoms with E-state index in [1.165, 1.54) is 12.7 Å². The van der Waals surface area contributed by atoms with Crippen molar-refractivity contribution in [2.24, 2.45) is 5.92 Å². The van der Waals surface area contributed by atoms with Gasteiger partial charge in [0.25, 0.3) is 5.91 Å². The molecule has 0 saturated carbocycles. The standard InChI is InChI=1S/C24H32NO6P/c1-14(2)8-21(24(28)29)25-23(27)20-12-17(6-7-22(20)26)11-19-15(3)9-18(10-16(19)4)13-32(5,30)31/h6-7,9-10,12,14,21,26H,8,11,13H2,1-5H3,(H,25,27)(H,28,29)(H,30,31)/t21-/m0/s1. The summed E-state index contributed by atoms with van der Waals surface area (Å²) in [7, 11) is -3.17. The van der Waals surface area contributed by atoms with Gasteiger partial charge in [-0.2, -0.15) is 0 Å². The first-order valence-corrected chi connectivity index (χ1v) is 12.8. The fourth-order valence-electron chi connectivity index (χ4n) is 3.80. The highest BCUT2D eigenvalue weighted by atomic mass is 31.2. The minimum absolute atomic E-state index is 0.0247. The molecule has 2 aromatic rings. The van der Waals surface area contributed by atoms with Crippen LogP contribution >= 0.6 is 7.37 Å². The molecular formula is C24H32NO6P. The fraction of sp³-hybridized carbons (Fsp3) is 0.417. The summed E-state index contributed by atoms with van der Waals surface area (Å²) in [5.74, 6) is -1.89. The van der Waals surface area contributed by atoms with Gasteiger partial charge >= 0.3 is 5.97 Å². The minimum Gasteiger partial charge on any atom is -0.507 e. The average molecular weight is 461 g/mol. The van der Waals surface area contributed by atoms with Crippen LogP contribution in [0.2, 0.25) is 0 Å². The van der Waals surface area contributed by atoms with Crippen LogP contribution in [0.15, 0.2) is 30.3 Å². The van der Waals surface area contributed by atoms with Crippen molar-refractivity contribution in [1.29, 1.82) is 0 Å². The van der Waals surface area contributed by atoms with E-state index in [1.807, 2.05) is 39.8 Å². The van der Waals surface area contributed by atoms with E-state index in [-0.39, 0.29) is 29.8 Å². The van der Waals surface area contributed by atoms with Gasteiger partial charge in [0.1, 0.15) is 11.8 Å². The maximum Gasteiger partial charge on any atom is 0.326 e. The van der Waals surface area contributed by atoms with Crippen LogP contribution in [0.3, 0.4) is 0 Å². The number of hydrogen-bond acceptors (Lipinski definition) is 4. The molecule has 0 saturated heterocycles. The third-order valence-electron chi connectivity index (χ3n) is 5.23. The Bertz CT molecular complexity index is 1030. The molecule has 0 bridgehead atoms. The van der Waals surface area contributed by atoms with Crippen LogP contribution in [-0.4, -0.2) is 39.7 Å². The van der Waals surface area contributed by atoms with Crippen LogP contribution in [-0.2, 0) is 21.9 Å². The quantitative estimate of drug-likeness (QED) is 0.415. The molecule has 8 heteroatoms. The van der Waals surface area contributed by atoms with Gasteiger partial charge in [0.15, 0.2) is 0 Å². The van der Waals surface area contributed by atoms with Gasteiger partial charge in [-0.05, 0) is 72.6 Å². The second-order valence-corrected chi connectivity index (χ2v) is 11.4. The van der Waals surface area contributed by atoms with Crippen LogP contribution in [0.4, 0.5) is 0 Å². The number of aromatic hydroxyl groups is 1. The second-order valence-electron chi connectivity index (χ2n) is 8.94. The summed E-state index contributed by atoms with van der Waals surface area (Å²) in [4.78, 5) is 33.8. The molecule has 0 radical (unpaired) electrons. The van der Waals surface area contributed by atoms with Gasteiger partial charge < -0.3 is 20.4 Å². The molecule has 1 unspecified atom stereocenters. The Morgan fingerprint density at radius 1 is 1.06 bits per heavy atom. The van der Waals surface area contributed by atoms with E-state index in [2.05, 4.69) is 5.32 Å². The minimum atomic E-state index is -3.17. The van der Waals surface area contributed by atoms with Crippen molar-refractivity contribution in [1.82, 2.24) is 5.32 Å². The normalized spacial score (nSPS) is 14.1. The Labute approximate surface area is 188 Å². The molecule has 0 aliphatic heterocycles. The maximum atomic E-state index is 12.7. The molecule has 4 N–H and O–H groups in total. The lowest BCUT2D eigenvalue weighted by atomic mass is 9.93. The van der Waals surface area contributed by atoms with Gasteiger partial charge in [-0.15, -0.1) is 0 Å². The van der Waals surface area contributed by atoms with E-state index >= 15 is 0 Å². The molecule has 7 nitrogen and oxygen atoms in total. The molecular weight excluding hydrogens is 429 g/mol. The van der Waals surface area contributed by atoms with Crippen molar-refractivity contribution in [3.8, 4) is 5.75 Å². The zero-order valence-corrected chi connectivity index (χ0v) is 20.1. The molecule has 0 aliphatic carbocycles. The molecule has 0 heterocycles. The topological polar surface area (TPSA) is 124 Å². The SMILES string of the molecule is Cc1cc(CP(C)(=O)O)cc(C)c1Cc1ccc(O)c(C(=O)N[C@@H](CC(C)C)C(=O)O)c1. The van der Waals surface area contributed by atoms with E-state index in [4.69, 9.17) is 0 Å². The molecule has 1 amide bonds. The van der Waals surface area contributed by atoms with Gasteiger partial charge in [-0.25, -0.2) is 4.79 Å². The zero-order chi connectivity index (χ0) is 24.2. The number of hydrogen-bond donors (Lipinski definition) is 4. The number of rotatable bonds is 9. The number of nitrogens with one attached hydrogen (secondary N) is 1. The van der Waals surface area contributed by atoms with Crippen LogP contribution in [0.5, 0.6) is 5.75 Å². The number of carboxylic acid groups (broad SMARTS) is 1. The van der Waals surface area contributed by atoms with Crippen LogP contribution in [0.1, 0.15) is 58.4 Å². The molecule has 0 fully saturated rings. The highest BCUT2D eigenvalue weighted by molar-refractivity contribution is 7.56. The Balaban J connectivity index is 2.29. The van der Waals surface area contributed by atoms with Crippen molar-refractivity contribution in [2.75, 3.05) is 6.66 Å². The van der Waals surface area contributed by atoms with Crippen molar-refractivity contribution in [3.05, 3.63) is 63.7 Å². The van der Waals surface area contributed by atoms with Crippen LogP contribution in [0, 0.1) is 19.8 Å². The zero-order valence-electron chi connectivity index (χ0n) is 19.2. The summed E-state index contributed by atoms with van der Waals surface area (Å²) in [5.41, 5.74) is 4.57. The van der Waals surface area contributed by atoms with Gasteiger partial charge in [0.05, 0.1) is 5.56 Å². The molecule has 2 rings (SSSR count). The molecule has 0 aliphatic rings.